The summed E-state index contributed by atoms with van der Waals surface area (Å²) >= 11 is 5.97. The fourth-order valence-electron chi connectivity index (χ4n) is 2.70. The number of amides is 1. The van der Waals surface area contributed by atoms with E-state index in [1.54, 1.807) is 36.4 Å². The lowest BCUT2D eigenvalue weighted by Crippen LogP contribution is -2.38. The van der Waals surface area contributed by atoms with Gasteiger partial charge < -0.3 is 4.74 Å². The predicted octanol–water partition coefficient (Wildman–Crippen LogP) is 4.73. The summed E-state index contributed by atoms with van der Waals surface area (Å²) < 4.78 is 34.5. The molecular weight excluding hydrogens is 548 g/mol. The van der Waals surface area contributed by atoms with Gasteiger partial charge in [0.1, 0.15) is 12.3 Å². The van der Waals surface area contributed by atoms with Crippen molar-refractivity contribution in [3.8, 4) is 5.75 Å². The second-order valence-electron chi connectivity index (χ2n) is 6.66. The molecule has 0 aliphatic carbocycles. The molecule has 1 amide bonds. The minimum Gasteiger partial charge on any atom is -0.496 e. The predicted molar refractivity (Wildman–Crippen MR) is 136 cm³/mol. The molecule has 0 unspecified atom stereocenters. The Morgan fingerprint density at radius 2 is 2.00 bits per heavy atom. The quantitative estimate of drug-likeness (QED) is 0.214. The summed E-state index contributed by atoms with van der Waals surface area (Å²) in [6, 6.07) is 11.3. The monoisotopic (exact) mass is 568 g/mol. The topological polar surface area (TPSA) is 101 Å². The molecule has 0 bridgehead atoms. The minimum absolute atomic E-state index is 0.0163. The zero-order valence-corrected chi connectivity index (χ0v) is 21.9. The van der Waals surface area contributed by atoms with Gasteiger partial charge in [-0.1, -0.05) is 46.9 Å². The Morgan fingerprint density at radius 3 is 2.64 bits per heavy atom. The Hall–Kier alpha value is -2.41. The summed E-state index contributed by atoms with van der Waals surface area (Å²) in [6.07, 6.45) is 1.74. The highest BCUT2D eigenvalue weighted by molar-refractivity contribution is 9.10. The van der Waals surface area contributed by atoms with Crippen LogP contribution in [0.4, 0.5) is 10.8 Å². The molecule has 0 saturated carbocycles. The van der Waals surface area contributed by atoms with Crippen LogP contribution in [-0.2, 0) is 14.8 Å². The van der Waals surface area contributed by atoms with Gasteiger partial charge in [0, 0.05) is 5.75 Å². The summed E-state index contributed by atoms with van der Waals surface area (Å²) in [5.74, 6) is 0.623. The molecule has 0 spiro atoms. The maximum atomic E-state index is 13.5. The summed E-state index contributed by atoms with van der Waals surface area (Å²) in [4.78, 5) is 12.8. The maximum Gasteiger partial charge on any atom is 0.264 e. The van der Waals surface area contributed by atoms with Crippen LogP contribution in [-0.4, -0.2) is 43.9 Å². The number of nitrogens with zero attached hydrogens (tertiary/aromatic N) is 3. The molecule has 8 nitrogen and oxygen atoms in total. The number of rotatable bonds is 10. The third kappa shape index (κ3) is 6.34. The van der Waals surface area contributed by atoms with Gasteiger partial charge in [0.2, 0.25) is 11.0 Å². The van der Waals surface area contributed by atoms with E-state index >= 15 is 0 Å². The number of aromatic nitrogens is 2. The van der Waals surface area contributed by atoms with Crippen molar-refractivity contribution in [2.45, 2.75) is 16.2 Å². The molecule has 0 aliphatic heterocycles. The first-order chi connectivity index (χ1) is 15.7. The Morgan fingerprint density at radius 1 is 1.27 bits per heavy atom. The van der Waals surface area contributed by atoms with Gasteiger partial charge in [-0.05, 0) is 53.2 Å². The van der Waals surface area contributed by atoms with Gasteiger partial charge in [-0.15, -0.1) is 16.8 Å². The van der Waals surface area contributed by atoms with Crippen LogP contribution in [0.1, 0.15) is 5.56 Å². The lowest BCUT2D eigenvalue weighted by Gasteiger charge is -2.24. The van der Waals surface area contributed by atoms with Crippen molar-refractivity contribution in [2.24, 2.45) is 0 Å². The van der Waals surface area contributed by atoms with Crippen LogP contribution in [0.15, 0.2) is 68.8 Å². The van der Waals surface area contributed by atoms with E-state index in [-0.39, 0.29) is 4.90 Å². The first kappa shape index (κ1) is 25.2. The second kappa shape index (κ2) is 11.1. The van der Waals surface area contributed by atoms with Gasteiger partial charge >= 0.3 is 0 Å². The molecule has 0 aliphatic rings. The number of aryl methyl sites for hydroxylation is 1. The first-order valence-corrected chi connectivity index (χ1v) is 13.6. The molecule has 3 aromatic rings. The van der Waals surface area contributed by atoms with Crippen LogP contribution in [0, 0.1) is 6.92 Å². The van der Waals surface area contributed by atoms with E-state index < -0.39 is 22.5 Å². The van der Waals surface area contributed by atoms with Crippen LogP contribution < -0.4 is 14.4 Å². The van der Waals surface area contributed by atoms with E-state index in [9.17, 15) is 13.2 Å². The highest BCUT2D eigenvalue weighted by Crippen LogP contribution is 2.31. The van der Waals surface area contributed by atoms with Crippen LogP contribution in [0.5, 0.6) is 5.75 Å². The maximum absolute atomic E-state index is 13.5. The molecule has 0 atom stereocenters. The van der Waals surface area contributed by atoms with Crippen LogP contribution in [0.3, 0.4) is 0 Å². The molecule has 174 valence electrons. The number of thioether (sulfide) groups is 1. The number of hydrogen-bond acceptors (Lipinski definition) is 8. The molecule has 1 heterocycles. The number of benzene rings is 2. The number of hydrogen-bond donors (Lipinski definition) is 1. The van der Waals surface area contributed by atoms with E-state index in [0.717, 1.165) is 9.87 Å². The van der Waals surface area contributed by atoms with E-state index in [1.165, 1.54) is 42.3 Å². The van der Waals surface area contributed by atoms with Crippen molar-refractivity contribution < 1.29 is 17.9 Å². The molecule has 1 N–H and O–H groups in total. The van der Waals surface area contributed by atoms with E-state index in [1.807, 2.05) is 6.92 Å². The number of carbonyl (C=O) groups excluding carboxylic acids is 1. The molecular formula is C21H21BrN4O4S3. The van der Waals surface area contributed by atoms with Gasteiger partial charge in [0.05, 0.1) is 22.2 Å². The lowest BCUT2D eigenvalue weighted by molar-refractivity contribution is -0.114. The molecule has 0 saturated heterocycles. The second-order valence-corrected chi connectivity index (χ2v) is 11.6. The number of ether oxygens (including phenoxy) is 1. The van der Waals surface area contributed by atoms with E-state index in [0.29, 0.717) is 31.1 Å². The molecule has 2 aromatic carbocycles. The van der Waals surface area contributed by atoms with Crippen molar-refractivity contribution in [1.29, 1.82) is 0 Å². The summed E-state index contributed by atoms with van der Waals surface area (Å²) in [5.41, 5.74) is 1.33. The lowest BCUT2D eigenvalue weighted by atomic mass is 10.2. The van der Waals surface area contributed by atoms with Crippen molar-refractivity contribution >= 4 is 65.8 Å². The fraction of sp³-hybridized carbons (Fsp3) is 0.190. The summed E-state index contributed by atoms with van der Waals surface area (Å²) in [5, 5.41) is 10.9. The molecule has 33 heavy (non-hydrogen) atoms. The SMILES string of the molecule is C=CCSc1nnc(NC(=O)CN(c2ccc(C)cc2)S(=O)(=O)c2ccc(OC)c(Br)c2)s1. The largest absolute Gasteiger partial charge is 0.496 e. The van der Waals surface area contributed by atoms with Gasteiger partial charge in [-0.3, -0.25) is 14.4 Å². The van der Waals surface area contributed by atoms with Gasteiger partial charge in [0.15, 0.2) is 4.34 Å². The van der Waals surface area contributed by atoms with Crippen LogP contribution in [0.2, 0.25) is 0 Å². The Balaban J connectivity index is 1.89. The Kier molecular flexibility index (Phi) is 8.51. The molecule has 1 aromatic heterocycles. The van der Waals surface area contributed by atoms with Crippen LogP contribution in [0.25, 0.3) is 0 Å². The van der Waals surface area contributed by atoms with Crippen molar-refractivity contribution in [3.63, 3.8) is 0 Å². The average molecular weight is 570 g/mol. The summed E-state index contributed by atoms with van der Waals surface area (Å²) in [7, 11) is -2.58. The van der Waals surface area contributed by atoms with Gasteiger partial charge in [-0.25, -0.2) is 8.42 Å². The normalized spacial score (nSPS) is 11.1. The van der Waals surface area contributed by atoms with Gasteiger partial charge in [0.25, 0.3) is 10.0 Å². The molecule has 12 heteroatoms. The van der Waals surface area contributed by atoms with Crippen molar-refractivity contribution in [2.75, 3.05) is 29.0 Å². The van der Waals surface area contributed by atoms with Gasteiger partial charge in [-0.2, -0.15) is 0 Å². The number of methoxy groups -OCH3 is 1. The zero-order chi connectivity index (χ0) is 24.0. The molecule has 3 rings (SSSR count). The smallest absolute Gasteiger partial charge is 0.264 e. The first-order valence-electron chi connectivity index (χ1n) is 9.54. The number of sulfonamides is 1. The molecule has 0 radical (unpaired) electrons. The average Bonchev–Trinajstić information content (AvgIpc) is 3.23. The third-order valence-electron chi connectivity index (χ3n) is 4.30. The Labute approximate surface area is 209 Å². The van der Waals surface area contributed by atoms with E-state index in [4.69, 9.17) is 4.74 Å². The highest BCUT2D eigenvalue weighted by atomic mass is 79.9. The minimum atomic E-state index is -4.07. The van der Waals surface area contributed by atoms with Crippen LogP contribution >= 0.6 is 39.0 Å². The number of halogens is 1. The number of carbonyl (C=O) groups is 1. The Bertz CT molecular complexity index is 1250. The van der Waals surface area contributed by atoms with E-state index in [2.05, 4.69) is 38.0 Å². The standard InChI is InChI=1S/C21H21BrN4O4S3/c1-4-11-31-21-25-24-20(32-21)23-19(27)13-26(15-7-5-14(2)6-8-15)33(28,29)16-9-10-18(30-3)17(22)12-16/h4-10,12H,1,11,13H2,2-3H3,(H,23,24,27). The zero-order valence-electron chi connectivity index (χ0n) is 17.8. The number of nitrogens with one attached hydrogen (secondary N) is 1. The van der Waals surface area contributed by atoms with Crippen molar-refractivity contribution in [3.05, 3.63) is 65.2 Å². The van der Waals surface area contributed by atoms with Crippen molar-refractivity contribution in [1.82, 2.24) is 10.2 Å². The highest BCUT2D eigenvalue weighted by Gasteiger charge is 2.28. The fourth-order valence-corrected chi connectivity index (χ4v) is 6.37. The molecule has 0 fully saturated rings. The third-order valence-corrected chi connectivity index (χ3v) is 8.66. The number of anilines is 2. The summed E-state index contributed by atoms with van der Waals surface area (Å²) in [6.45, 7) is 5.11.